The van der Waals surface area contributed by atoms with E-state index in [2.05, 4.69) is 54.7 Å². The molecule has 29 heavy (non-hydrogen) atoms. The van der Waals surface area contributed by atoms with Crippen LogP contribution in [0.15, 0.2) is 78.9 Å². The largest absolute Gasteiger partial charge is 0.444 e. The molecule has 2 aliphatic rings. The summed E-state index contributed by atoms with van der Waals surface area (Å²) >= 11 is 0. The highest BCUT2D eigenvalue weighted by atomic mass is 16.6. The lowest BCUT2D eigenvalue weighted by molar-refractivity contribution is 0.0930. The van der Waals surface area contributed by atoms with Crippen LogP contribution in [0.2, 0.25) is 0 Å². The van der Waals surface area contributed by atoms with Gasteiger partial charge in [-0.3, -0.25) is 4.90 Å². The molecule has 1 N–H and O–H groups in total. The van der Waals surface area contributed by atoms with Crippen molar-refractivity contribution in [1.29, 1.82) is 0 Å². The highest BCUT2D eigenvalue weighted by Gasteiger charge is 2.56. The number of carbonyl (C=O) groups excluding carboxylic acids is 1. The molecule has 3 aromatic rings. The fourth-order valence-electron chi connectivity index (χ4n) is 4.76. The Kier molecular flexibility index (Phi) is 4.27. The van der Waals surface area contributed by atoms with Crippen LogP contribution in [-0.2, 0) is 16.8 Å². The number of ether oxygens (including phenoxy) is 1. The van der Waals surface area contributed by atoms with Crippen LogP contribution in [0.25, 0.3) is 0 Å². The number of anilines is 1. The second kappa shape index (κ2) is 6.96. The monoisotopic (exact) mass is 384 g/mol. The molecule has 0 aromatic heterocycles. The third-order valence-corrected chi connectivity index (χ3v) is 6.23. The number of carbonyl (C=O) groups is 1. The van der Waals surface area contributed by atoms with Crippen LogP contribution in [0, 0.1) is 6.92 Å². The van der Waals surface area contributed by atoms with Crippen LogP contribution >= 0.6 is 0 Å². The van der Waals surface area contributed by atoms with Gasteiger partial charge in [0.05, 0.1) is 5.41 Å². The molecule has 2 atom stereocenters. The lowest BCUT2D eigenvalue weighted by Crippen LogP contribution is -2.46. The maximum Gasteiger partial charge on any atom is 0.411 e. The van der Waals surface area contributed by atoms with Crippen LogP contribution in [0.1, 0.15) is 28.7 Å². The maximum absolute atomic E-state index is 13.0. The van der Waals surface area contributed by atoms with Crippen molar-refractivity contribution in [3.8, 4) is 0 Å². The number of nitrogens with zero attached hydrogens (tertiary/aromatic N) is 1. The van der Waals surface area contributed by atoms with E-state index < -0.39 is 0 Å². The lowest BCUT2D eigenvalue weighted by atomic mass is 9.73. The van der Waals surface area contributed by atoms with Gasteiger partial charge in [0.15, 0.2) is 0 Å². The number of likely N-dealkylation sites (tertiary alicyclic amines) is 1. The molecule has 2 heterocycles. The third-order valence-electron chi connectivity index (χ3n) is 6.23. The number of hydrogen-bond acceptors (Lipinski definition) is 3. The molecule has 0 saturated carbocycles. The number of benzene rings is 3. The topological polar surface area (TPSA) is 41.6 Å². The normalized spacial score (nSPS) is 22.0. The fourth-order valence-corrected chi connectivity index (χ4v) is 4.76. The third kappa shape index (κ3) is 2.87. The number of amides is 1. The Hall–Kier alpha value is -3.27. The average molecular weight is 384 g/mol. The summed E-state index contributed by atoms with van der Waals surface area (Å²) in [5.41, 5.74) is 5.57. The maximum atomic E-state index is 13.0. The Balaban J connectivity index is 1.46. The van der Waals surface area contributed by atoms with Crippen LogP contribution in [0.4, 0.5) is 10.5 Å². The molecule has 1 saturated heterocycles. The van der Waals surface area contributed by atoms with Crippen molar-refractivity contribution in [2.75, 3.05) is 11.9 Å². The smallest absolute Gasteiger partial charge is 0.411 e. The molecule has 0 unspecified atom stereocenters. The van der Waals surface area contributed by atoms with Crippen molar-refractivity contribution in [1.82, 2.24) is 4.90 Å². The number of nitrogens with one attached hydrogen (secondary N) is 1. The molecule has 0 radical (unpaired) electrons. The number of rotatable bonds is 3. The molecule has 2 aliphatic heterocycles. The summed E-state index contributed by atoms with van der Waals surface area (Å²) in [6.07, 6.45) is 0.449. The van der Waals surface area contributed by atoms with E-state index in [4.69, 9.17) is 4.74 Å². The highest BCUT2D eigenvalue weighted by Crippen LogP contribution is 2.52. The van der Waals surface area contributed by atoms with Gasteiger partial charge in [0.2, 0.25) is 0 Å². The Bertz CT molecular complexity index is 1030. The molecule has 4 nitrogen and oxygen atoms in total. The first-order valence-corrected chi connectivity index (χ1v) is 10.1. The molecule has 4 heteroatoms. The van der Waals surface area contributed by atoms with Gasteiger partial charge in [-0.1, -0.05) is 78.4 Å². The van der Waals surface area contributed by atoms with Crippen molar-refractivity contribution in [3.05, 3.63) is 101 Å². The minimum atomic E-state index is -0.270. The first-order chi connectivity index (χ1) is 14.2. The van der Waals surface area contributed by atoms with E-state index >= 15 is 0 Å². The fraction of sp³-hybridized carbons (Fsp3) is 0.240. The van der Waals surface area contributed by atoms with Gasteiger partial charge in [-0.15, -0.1) is 0 Å². The summed E-state index contributed by atoms with van der Waals surface area (Å²) in [6.45, 7) is 3.04. The molecule has 3 aromatic carbocycles. The molecule has 1 amide bonds. The van der Waals surface area contributed by atoms with Gasteiger partial charge >= 0.3 is 6.09 Å². The van der Waals surface area contributed by atoms with E-state index in [0.717, 1.165) is 17.7 Å². The summed E-state index contributed by atoms with van der Waals surface area (Å²) in [5.74, 6) is 0. The van der Waals surface area contributed by atoms with Crippen LogP contribution in [0.5, 0.6) is 0 Å². The second-order valence-electron chi connectivity index (χ2n) is 7.91. The number of hydrogen-bond donors (Lipinski definition) is 1. The standard InChI is InChI=1S/C25H24N2O2/c1-18-11-13-20(14-12-18)25-15-16-27(23(25)26-22-10-6-5-9-21(22)25)24(28)29-17-19-7-3-2-4-8-19/h2-14,23,26H,15-17H2,1H3/t23-,25+/m1/s1. The molecule has 1 fully saturated rings. The van der Waals surface area contributed by atoms with Crippen molar-refractivity contribution in [2.24, 2.45) is 0 Å². The zero-order valence-corrected chi connectivity index (χ0v) is 16.5. The van der Waals surface area contributed by atoms with Gasteiger partial charge < -0.3 is 10.1 Å². The average Bonchev–Trinajstić information content (AvgIpc) is 3.28. The van der Waals surface area contributed by atoms with E-state index in [0.29, 0.717) is 6.54 Å². The number of fused-ring (bicyclic) bond motifs is 3. The van der Waals surface area contributed by atoms with Crippen molar-refractivity contribution in [3.63, 3.8) is 0 Å². The van der Waals surface area contributed by atoms with Gasteiger partial charge in [-0.05, 0) is 36.1 Å². The molecule has 5 rings (SSSR count). The Labute approximate surface area is 171 Å². The molecular weight excluding hydrogens is 360 g/mol. The Morgan fingerprint density at radius 1 is 1.03 bits per heavy atom. The van der Waals surface area contributed by atoms with Crippen LogP contribution < -0.4 is 5.32 Å². The van der Waals surface area contributed by atoms with E-state index in [1.165, 1.54) is 16.7 Å². The summed E-state index contributed by atoms with van der Waals surface area (Å²) in [7, 11) is 0. The van der Waals surface area contributed by atoms with Crippen LogP contribution in [0.3, 0.4) is 0 Å². The minimum Gasteiger partial charge on any atom is -0.444 e. The zero-order valence-electron chi connectivity index (χ0n) is 16.5. The van der Waals surface area contributed by atoms with Gasteiger partial charge in [0, 0.05) is 12.2 Å². The predicted molar refractivity (Wildman–Crippen MR) is 114 cm³/mol. The first kappa shape index (κ1) is 17.8. The molecule has 0 bridgehead atoms. The zero-order chi connectivity index (χ0) is 19.8. The molecule has 0 aliphatic carbocycles. The summed E-state index contributed by atoms with van der Waals surface area (Å²) < 4.78 is 5.67. The minimum absolute atomic E-state index is 0.147. The molecule has 146 valence electrons. The van der Waals surface area contributed by atoms with E-state index in [-0.39, 0.29) is 24.3 Å². The number of para-hydroxylation sites is 1. The summed E-state index contributed by atoms with van der Waals surface area (Å²) in [4.78, 5) is 14.9. The Morgan fingerprint density at radius 3 is 2.55 bits per heavy atom. The van der Waals surface area contributed by atoms with Gasteiger partial charge in [0.1, 0.15) is 12.8 Å². The van der Waals surface area contributed by atoms with Gasteiger partial charge in [0.25, 0.3) is 0 Å². The van der Waals surface area contributed by atoms with Crippen molar-refractivity contribution < 1.29 is 9.53 Å². The predicted octanol–water partition coefficient (Wildman–Crippen LogP) is 5.08. The van der Waals surface area contributed by atoms with E-state index in [1.807, 2.05) is 41.3 Å². The van der Waals surface area contributed by atoms with Crippen molar-refractivity contribution in [2.45, 2.75) is 31.5 Å². The van der Waals surface area contributed by atoms with E-state index in [9.17, 15) is 4.79 Å². The van der Waals surface area contributed by atoms with E-state index in [1.54, 1.807) is 0 Å². The Morgan fingerprint density at radius 2 is 1.76 bits per heavy atom. The second-order valence-corrected chi connectivity index (χ2v) is 7.91. The molecule has 0 spiro atoms. The summed E-state index contributed by atoms with van der Waals surface area (Å²) in [5, 5.41) is 3.60. The van der Waals surface area contributed by atoms with Gasteiger partial charge in [-0.25, -0.2) is 4.79 Å². The molecular formula is C25H24N2O2. The quantitative estimate of drug-likeness (QED) is 0.685. The summed E-state index contributed by atoms with van der Waals surface area (Å²) in [6, 6.07) is 26.9. The lowest BCUT2D eigenvalue weighted by Gasteiger charge is -2.33. The SMILES string of the molecule is Cc1ccc([C@]23CCN(C(=O)OCc4ccccc4)[C@H]2Nc2ccccc23)cc1. The first-order valence-electron chi connectivity index (χ1n) is 10.1. The highest BCUT2D eigenvalue weighted by molar-refractivity contribution is 5.74. The van der Waals surface area contributed by atoms with Crippen molar-refractivity contribution >= 4 is 11.8 Å². The van der Waals surface area contributed by atoms with Crippen LogP contribution in [-0.4, -0.2) is 23.7 Å². The number of aryl methyl sites for hydroxylation is 1. The van der Waals surface area contributed by atoms with Gasteiger partial charge in [-0.2, -0.15) is 0 Å².